The number of nitrogens with zero attached hydrogens (tertiary/aromatic N) is 1. The van der Waals surface area contributed by atoms with Gasteiger partial charge in [0, 0.05) is 0 Å². The van der Waals surface area contributed by atoms with Gasteiger partial charge in [0.1, 0.15) is 11.7 Å². The standard InChI is InChI=1S/C10H6F3NOS/c11-10(12,13)8-3-1-2-7(4-8)9(5-15)16-6-14/h1-5,9H. The molecule has 0 saturated carbocycles. The molecule has 1 rings (SSSR count). The Kier molecular flexibility index (Phi) is 3.96. The van der Waals surface area contributed by atoms with Gasteiger partial charge in [0.2, 0.25) is 0 Å². The van der Waals surface area contributed by atoms with Gasteiger partial charge in [0.25, 0.3) is 0 Å². The van der Waals surface area contributed by atoms with Gasteiger partial charge in [-0.3, -0.25) is 0 Å². The van der Waals surface area contributed by atoms with Gasteiger partial charge in [-0.25, -0.2) is 0 Å². The number of thioether (sulfide) groups is 1. The van der Waals surface area contributed by atoms with Crippen LogP contribution < -0.4 is 0 Å². The van der Waals surface area contributed by atoms with E-state index in [1.807, 2.05) is 0 Å². The van der Waals surface area contributed by atoms with Crippen molar-refractivity contribution in [1.82, 2.24) is 0 Å². The molecule has 0 aliphatic heterocycles. The third-order valence-corrected chi connectivity index (χ3v) is 2.59. The first-order valence-electron chi connectivity index (χ1n) is 4.16. The lowest BCUT2D eigenvalue weighted by molar-refractivity contribution is -0.137. The number of rotatable bonds is 3. The smallest absolute Gasteiger partial charge is 0.302 e. The number of halogens is 3. The molecule has 0 saturated heterocycles. The third kappa shape index (κ3) is 3.00. The molecule has 6 heteroatoms. The Morgan fingerprint density at radius 1 is 1.44 bits per heavy atom. The van der Waals surface area contributed by atoms with Gasteiger partial charge in [-0.2, -0.15) is 18.4 Å². The lowest BCUT2D eigenvalue weighted by atomic mass is 10.1. The van der Waals surface area contributed by atoms with E-state index in [2.05, 4.69) is 0 Å². The summed E-state index contributed by atoms with van der Waals surface area (Å²) in [5, 5.41) is 9.19. The lowest BCUT2D eigenvalue weighted by Crippen LogP contribution is -2.06. The molecule has 16 heavy (non-hydrogen) atoms. The molecule has 0 N–H and O–H groups in total. The molecule has 0 fully saturated rings. The van der Waals surface area contributed by atoms with Crippen LogP contribution in [0, 0.1) is 10.7 Å². The maximum atomic E-state index is 12.4. The van der Waals surface area contributed by atoms with Crippen LogP contribution in [0.3, 0.4) is 0 Å². The van der Waals surface area contributed by atoms with Gasteiger partial charge in [-0.15, -0.1) is 0 Å². The summed E-state index contributed by atoms with van der Waals surface area (Å²) in [6, 6.07) is 4.40. The van der Waals surface area contributed by atoms with Crippen LogP contribution in [-0.2, 0) is 11.0 Å². The molecule has 0 amide bonds. The van der Waals surface area contributed by atoms with Crippen molar-refractivity contribution >= 4 is 18.0 Å². The summed E-state index contributed by atoms with van der Waals surface area (Å²) in [4.78, 5) is 10.6. The largest absolute Gasteiger partial charge is 0.416 e. The minimum atomic E-state index is -4.44. The number of carbonyl (C=O) groups is 1. The van der Waals surface area contributed by atoms with Crippen molar-refractivity contribution < 1.29 is 18.0 Å². The zero-order valence-electron chi connectivity index (χ0n) is 7.86. The van der Waals surface area contributed by atoms with Crippen molar-refractivity contribution in [2.45, 2.75) is 11.4 Å². The molecule has 84 valence electrons. The fourth-order valence-electron chi connectivity index (χ4n) is 1.12. The molecule has 0 aliphatic carbocycles. The van der Waals surface area contributed by atoms with E-state index in [1.165, 1.54) is 12.1 Å². The van der Waals surface area contributed by atoms with Crippen molar-refractivity contribution in [3.63, 3.8) is 0 Å². The first-order chi connectivity index (χ1) is 7.49. The van der Waals surface area contributed by atoms with Crippen LogP contribution in [0.5, 0.6) is 0 Å². The highest BCUT2D eigenvalue weighted by Gasteiger charge is 2.31. The van der Waals surface area contributed by atoms with E-state index in [-0.39, 0.29) is 5.56 Å². The van der Waals surface area contributed by atoms with Crippen molar-refractivity contribution in [3.05, 3.63) is 35.4 Å². The first kappa shape index (κ1) is 12.6. The quantitative estimate of drug-likeness (QED) is 0.606. The average molecular weight is 245 g/mol. The predicted molar refractivity (Wildman–Crippen MR) is 53.5 cm³/mol. The molecule has 0 aromatic heterocycles. The fraction of sp³-hybridized carbons (Fsp3) is 0.200. The normalized spacial score (nSPS) is 12.9. The second-order valence-electron chi connectivity index (χ2n) is 2.89. The summed E-state index contributed by atoms with van der Waals surface area (Å²) in [5.74, 6) is 0. The SMILES string of the molecule is N#CSC(C=O)c1cccc(C(F)(F)F)c1. The molecule has 1 atom stereocenters. The van der Waals surface area contributed by atoms with E-state index >= 15 is 0 Å². The Morgan fingerprint density at radius 2 is 2.12 bits per heavy atom. The Hall–Kier alpha value is -1.48. The number of thiocyanates is 1. The fourth-order valence-corrected chi connectivity index (χ4v) is 1.57. The predicted octanol–water partition coefficient (Wildman–Crippen LogP) is 3.16. The molecule has 0 aliphatic rings. The van der Waals surface area contributed by atoms with Crippen LogP contribution in [-0.4, -0.2) is 6.29 Å². The average Bonchev–Trinajstić information content (AvgIpc) is 2.25. The third-order valence-electron chi connectivity index (χ3n) is 1.85. The van der Waals surface area contributed by atoms with Crippen molar-refractivity contribution in [2.24, 2.45) is 0 Å². The molecular weight excluding hydrogens is 239 g/mol. The molecule has 0 heterocycles. The molecule has 0 bridgehead atoms. The highest BCUT2D eigenvalue weighted by atomic mass is 32.2. The van der Waals surface area contributed by atoms with Crippen molar-refractivity contribution in [2.75, 3.05) is 0 Å². The van der Waals surface area contributed by atoms with Gasteiger partial charge >= 0.3 is 6.18 Å². The lowest BCUT2D eigenvalue weighted by Gasteiger charge is -2.10. The van der Waals surface area contributed by atoms with E-state index in [4.69, 9.17) is 5.26 Å². The summed E-state index contributed by atoms with van der Waals surface area (Å²) < 4.78 is 37.1. The van der Waals surface area contributed by atoms with Crippen LogP contribution in [0.25, 0.3) is 0 Å². The molecular formula is C10H6F3NOS. The minimum absolute atomic E-state index is 0.177. The zero-order chi connectivity index (χ0) is 12.2. The van der Waals surface area contributed by atoms with Crippen molar-refractivity contribution in [1.29, 1.82) is 5.26 Å². The summed E-state index contributed by atoms with van der Waals surface area (Å²) in [6.07, 6.45) is -4.00. The van der Waals surface area contributed by atoms with E-state index in [9.17, 15) is 18.0 Å². The molecule has 2 nitrogen and oxygen atoms in total. The first-order valence-corrected chi connectivity index (χ1v) is 5.04. The Labute approximate surface area is 94.1 Å². The Bertz CT molecular complexity index is 425. The number of aldehydes is 1. The monoisotopic (exact) mass is 245 g/mol. The number of hydrogen-bond acceptors (Lipinski definition) is 3. The highest BCUT2D eigenvalue weighted by Crippen LogP contribution is 2.33. The van der Waals surface area contributed by atoms with Gasteiger partial charge < -0.3 is 4.79 Å². The van der Waals surface area contributed by atoms with Gasteiger partial charge in [-0.05, 0) is 23.4 Å². The summed E-state index contributed by atoms with van der Waals surface area (Å²) in [6.45, 7) is 0. The summed E-state index contributed by atoms with van der Waals surface area (Å²) in [7, 11) is 0. The van der Waals surface area contributed by atoms with Crippen LogP contribution in [0.2, 0.25) is 0 Å². The maximum absolute atomic E-state index is 12.4. The van der Waals surface area contributed by atoms with Crippen LogP contribution >= 0.6 is 11.8 Å². The van der Waals surface area contributed by atoms with E-state index in [0.29, 0.717) is 18.0 Å². The minimum Gasteiger partial charge on any atom is -0.302 e. The second-order valence-corrected chi connectivity index (χ2v) is 3.82. The maximum Gasteiger partial charge on any atom is 0.416 e. The van der Waals surface area contributed by atoms with Crippen molar-refractivity contribution in [3.8, 4) is 5.40 Å². The van der Waals surface area contributed by atoms with Gasteiger partial charge in [0.15, 0.2) is 0 Å². The Morgan fingerprint density at radius 3 is 2.62 bits per heavy atom. The molecule has 0 radical (unpaired) electrons. The Balaban J connectivity index is 3.07. The second kappa shape index (κ2) is 5.03. The number of carbonyl (C=O) groups excluding carboxylic acids is 1. The van der Waals surface area contributed by atoms with E-state index in [0.717, 1.165) is 12.1 Å². The number of alkyl halides is 3. The van der Waals surface area contributed by atoms with E-state index < -0.39 is 17.0 Å². The molecule has 1 aromatic carbocycles. The number of nitriles is 1. The van der Waals surface area contributed by atoms with Gasteiger partial charge in [0.05, 0.1) is 10.8 Å². The summed E-state index contributed by atoms with van der Waals surface area (Å²) >= 11 is 0.619. The van der Waals surface area contributed by atoms with Crippen LogP contribution in [0.1, 0.15) is 16.4 Å². The van der Waals surface area contributed by atoms with E-state index in [1.54, 1.807) is 5.40 Å². The molecule has 1 unspecified atom stereocenters. The van der Waals surface area contributed by atoms with Crippen LogP contribution in [0.15, 0.2) is 24.3 Å². The summed E-state index contributed by atoms with van der Waals surface area (Å²) in [5.41, 5.74) is -0.647. The zero-order valence-corrected chi connectivity index (χ0v) is 8.68. The van der Waals surface area contributed by atoms with Crippen LogP contribution in [0.4, 0.5) is 13.2 Å². The number of benzene rings is 1. The highest BCUT2D eigenvalue weighted by molar-refractivity contribution is 8.04. The number of hydrogen-bond donors (Lipinski definition) is 0. The molecule has 1 aromatic rings. The molecule has 0 spiro atoms. The van der Waals surface area contributed by atoms with Gasteiger partial charge in [-0.1, -0.05) is 18.2 Å². The topological polar surface area (TPSA) is 40.9 Å².